The highest BCUT2D eigenvalue weighted by Crippen LogP contribution is 2.10. The molecule has 12 heavy (non-hydrogen) atoms. The Kier molecular flexibility index (Phi) is 6.67. The molecule has 0 fully saturated rings. The van der Waals surface area contributed by atoms with Gasteiger partial charge in [0.15, 0.2) is 0 Å². The van der Waals surface area contributed by atoms with Crippen LogP contribution >= 0.6 is 0 Å². The van der Waals surface area contributed by atoms with E-state index in [-0.39, 0.29) is 5.25 Å². The van der Waals surface area contributed by atoms with E-state index in [9.17, 15) is 4.21 Å². The minimum Gasteiger partial charge on any atom is -0.329 e. The Morgan fingerprint density at radius 3 is 2.17 bits per heavy atom. The molecule has 0 aliphatic carbocycles. The molecule has 0 bridgehead atoms. The Morgan fingerprint density at radius 1 is 1.33 bits per heavy atom. The zero-order valence-electron chi connectivity index (χ0n) is 8.38. The second-order valence-corrected chi connectivity index (χ2v) is 5.18. The van der Waals surface area contributed by atoms with Gasteiger partial charge in [0, 0.05) is 28.3 Å². The minimum absolute atomic E-state index is 0.158. The van der Waals surface area contributed by atoms with Gasteiger partial charge in [0.2, 0.25) is 0 Å². The topological polar surface area (TPSA) is 43.1 Å². The summed E-state index contributed by atoms with van der Waals surface area (Å²) < 4.78 is 11.5. The molecule has 0 saturated heterocycles. The Morgan fingerprint density at radius 2 is 1.83 bits per heavy atom. The molecule has 0 rings (SSSR count). The van der Waals surface area contributed by atoms with Gasteiger partial charge in [-0.25, -0.2) is 0 Å². The summed E-state index contributed by atoms with van der Waals surface area (Å²) in [5.74, 6) is 1.44. The van der Waals surface area contributed by atoms with Gasteiger partial charge in [-0.3, -0.25) is 4.21 Å². The summed E-state index contributed by atoms with van der Waals surface area (Å²) >= 11 is 0. The average Bonchev–Trinajstić information content (AvgIpc) is 2.12. The average molecular weight is 191 g/mol. The van der Waals surface area contributed by atoms with Crippen molar-refractivity contribution in [3.8, 4) is 0 Å². The summed E-state index contributed by atoms with van der Waals surface area (Å²) in [5.41, 5.74) is 5.44. The molecule has 0 aromatic heterocycles. The molecule has 0 radical (unpaired) electrons. The van der Waals surface area contributed by atoms with Gasteiger partial charge < -0.3 is 5.73 Å². The normalized spacial score (nSPS) is 16.4. The number of hydrogen-bond donors (Lipinski definition) is 1. The van der Waals surface area contributed by atoms with Crippen LogP contribution in [0.5, 0.6) is 0 Å². The molecule has 0 aromatic carbocycles. The predicted octanol–water partition coefficient (Wildman–Crippen LogP) is 1.52. The summed E-state index contributed by atoms with van der Waals surface area (Å²) in [5, 5.41) is 0.158. The van der Waals surface area contributed by atoms with E-state index in [1.807, 2.05) is 6.92 Å². The van der Waals surface area contributed by atoms with Crippen molar-refractivity contribution in [3.63, 3.8) is 0 Å². The van der Waals surface area contributed by atoms with Crippen molar-refractivity contribution in [3.05, 3.63) is 0 Å². The molecule has 3 heteroatoms. The molecule has 2 unspecified atom stereocenters. The standard InChI is InChI=1S/C9H21NOS/c1-4-9(5-2)7-12(11)8(3)6-10/h8-9H,4-7,10H2,1-3H3. The van der Waals surface area contributed by atoms with E-state index in [1.165, 1.54) is 0 Å². The molecular formula is C9H21NOS. The molecule has 0 spiro atoms. The molecule has 0 aliphatic rings. The molecule has 2 nitrogen and oxygen atoms in total. The first-order valence-corrected chi connectivity index (χ1v) is 6.11. The maximum atomic E-state index is 11.5. The summed E-state index contributed by atoms with van der Waals surface area (Å²) in [6.07, 6.45) is 2.25. The first-order chi connectivity index (χ1) is 5.65. The van der Waals surface area contributed by atoms with Gasteiger partial charge >= 0.3 is 0 Å². The van der Waals surface area contributed by atoms with E-state index >= 15 is 0 Å². The minimum atomic E-state index is -0.720. The van der Waals surface area contributed by atoms with Crippen molar-refractivity contribution in [2.45, 2.75) is 38.9 Å². The van der Waals surface area contributed by atoms with Crippen molar-refractivity contribution < 1.29 is 4.21 Å². The van der Waals surface area contributed by atoms with Gasteiger partial charge in [-0.2, -0.15) is 0 Å². The molecule has 0 amide bonds. The predicted molar refractivity (Wildman–Crippen MR) is 55.6 cm³/mol. The second-order valence-electron chi connectivity index (χ2n) is 3.28. The van der Waals surface area contributed by atoms with E-state index in [0.29, 0.717) is 12.5 Å². The van der Waals surface area contributed by atoms with Gasteiger partial charge in [0.05, 0.1) is 0 Å². The Bertz CT molecular complexity index is 134. The molecule has 0 saturated carbocycles. The highest BCUT2D eigenvalue weighted by Gasteiger charge is 2.13. The van der Waals surface area contributed by atoms with Crippen molar-refractivity contribution in [1.29, 1.82) is 0 Å². The highest BCUT2D eigenvalue weighted by atomic mass is 32.2. The van der Waals surface area contributed by atoms with Crippen LogP contribution in [0, 0.1) is 5.92 Å². The zero-order valence-corrected chi connectivity index (χ0v) is 9.19. The lowest BCUT2D eigenvalue weighted by atomic mass is 10.1. The van der Waals surface area contributed by atoms with Crippen LogP contribution in [-0.2, 0) is 10.8 Å². The molecule has 0 aliphatic heterocycles. The van der Waals surface area contributed by atoms with E-state index in [0.717, 1.165) is 18.6 Å². The van der Waals surface area contributed by atoms with Crippen LogP contribution in [-0.4, -0.2) is 21.8 Å². The Hall–Kier alpha value is 0.110. The first-order valence-electron chi connectivity index (χ1n) is 4.72. The molecule has 2 atom stereocenters. The van der Waals surface area contributed by atoms with Gasteiger partial charge in [-0.1, -0.05) is 26.7 Å². The van der Waals surface area contributed by atoms with Crippen molar-refractivity contribution in [2.75, 3.05) is 12.3 Å². The van der Waals surface area contributed by atoms with Crippen molar-refractivity contribution in [2.24, 2.45) is 11.7 Å². The van der Waals surface area contributed by atoms with Crippen LogP contribution in [0.25, 0.3) is 0 Å². The van der Waals surface area contributed by atoms with Gasteiger partial charge in [-0.05, 0) is 12.8 Å². The molecular weight excluding hydrogens is 170 g/mol. The zero-order chi connectivity index (χ0) is 9.56. The summed E-state index contributed by atoms with van der Waals surface area (Å²) in [4.78, 5) is 0. The maximum absolute atomic E-state index is 11.5. The molecule has 0 heterocycles. The van der Waals surface area contributed by atoms with Crippen LogP contribution in [0.3, 0.4) is 0 Å². The molecule has 0 aromatic rings. The number of rotatable bonds is 6. The van der Waals surface area contributed by atoms with E-state index < -0.39 is 10.8 Å². The largest absolute Gasteiger partial charge is 0.329 e. The lowest BCUT2D eigenvalue weighted by molar-refractivity contribution is 0.542. The fraction of sp³-hybridized carbons (Fsp3) is 1.00. The second kappa shape index (κ2) is 6.61. The quantitative estimate of drug-likeness (QED) is 0.691. The lowest BCUT2D eigenvalue weighted by Gasteiger charge is -2.14. The van der Waals surface area contributed by atoms with E-state index in [4.69, 9.17) is 5.73 Å². The fourth-order valence-electron chi connectivity index (χ4n) is 1.03. The third kappa shape index (κ3) is 4.21. The monoisotopic (exact) mass is 191 g/mol. The van der Waals surface area contributed by atoms with E-state index in [1.54, 1.807) is 0 Å². The van der Waals surface area contributed by atoms with Gasteiger partial charge in [0.1, 0.15) is 0 Å². The number of nitrogens with two attached hydrogens (primary N) is 1. The third-order valence-corrected chi connectivity index (χ3v) is 4.23. The Balaban J connectivity index is 3.81. The highest BCUT2D eigenvalue weighted by molar-refractivity contribution is 7.85. The lowest BCUT2D eigenvalue weighted by Crippen LogP contribution is -2.26. The van der Waals surface area contributed by atoms with E-state index in [2.05, 4.69) is 13.8 Å². The van der Waals surface area contributed by atoms with Crippen molar-refractivity contribution >= 4 is 10.8 Å². The summed E-state index contributed by atoms with van der Waals surface area (Å²) in [6, 6.07) is 0. The van der Waals surface area contributed by atoms with Crippen LogP contribution < -0.4 is 5.73 Å². The fourth-order valence-corrected chi connectivity index (χ4v) is 2.51. The van der Waals surface area contributed by atoms with Crippen LogP contribution in [0.1, 0.15) is 33.6 Å². The third-order valence-electron chi connectivity index (χ3n) is 2.34. The van der Waals surface area contributed by atoms with Crippen molar-refractivity contribution in [1.82, 2.24) is 0 Å². The van der Waals surface area contributed by atoms with Crippen LogP contribution in [0.15, 0.2) is 0 Å². The number of hydrogen-bond acceptors (Lipinski definition) is 2. The molecule has 2 N–H and O–H groups in total. The smallest absolute Gasteiger partial charge is 0.0442 e. The maximum Gasteiger partial charge on any atom is 0.0442 e. The SMILES string of the molecule is CCC(CC)CS(=O)C(C)CN. The van der Waals surface area contributed by atoms with Crippen LogP contribution in [0.2, 0.25) is 0 Å². The summed E-state index contributed by atoms with van der Waals surface area (Å²) in [6.45, 7) is 6.79. The first kappa shape index (κ1) is 12.1. The summed E-state index contributed by atoms with van der Waals surface area (Å²) in [7, 11) is -0.720. The Labute approximate surface area is 78.4 Å². The van der Waals surface area contributed by atoms with Crippen LogP contribution in [0.4, 0.5) is 0 Å². The molecule has 74 valence electrons. The van der Waals surface area contributed by atoms with Gasteiger partial charge in [-0.15, -0.1) is 0 Å². The van der Waals surface area contributed by atoms with Gasteiger partial charge in [0.25, 0.3) is 0 Å².